The Labute approximate surface area is 123 Å². The summed E-state index contributed by atoms with van der Waals surface area (Å²) in [5.74, 6) is 1.06. The molecule has 0 saturated carbocycles. The molecule has 21 heavy (non-hydrogen) atoms. The molecule has 0 amide bonds. The summed E-state index contributed by atoms with van der Waals surface area (Å²) >= 11 is 0. The minimum atomic E-state index is 0.674. The Kier molecular flexibility index (Phi) is 3.11. The molecular formula is C17H16N4. The number of aryl methyl sites for hydroxylation is 2. The Morgan fingerprint density at radius 1 is 1.14 bits per heavy atom. The summed E-state index contributed by atoms with van der Waals surface area (Å²) in [5.41, 5.74) is 5.02. The van der Waals surface area contributed by atoms with Crippen molar-refractivity contribution in [2.75, 3.05) is 0 Å². The molecule has 4 nitrogen and oxygen atoms in total. The van der Waals surface area contributed by atoms with Crippen molar-refractivity contribution >= 4 is 0 Å². The Morgan fingerprint density at radius 2 is 1.95 bits per heavy atom. The van der Waals surface area contributed by atoms with Crippen LogP contribution in [-0.4, -0.2) is 14.3 Å². The summed E-state index contributed by atoms with van der Waals surface area (Å²) in [6.45, 7) is 4.09. The third-order valence-corrected chi connectivity index (χ3v) is 3.75. The van der Waals surface area contributed by atoms with Crippen molar-refractivity contribution in [2.24, 2.45) is 7.05 Å². The summed E-state index contributed by atoms with van der Waals surface area (Å²) in [5, 5.41) is 13.5. The van der Waals surface area contributed by atoms with Crippen LogP contribution in [0.2, 0.25) is 0 Å². The minimum Gasteiger partial charge on any atom is -0.308 e. The monoisotopic (exact) mass is 276 g/mol. The van der Waals surface area contributed by atoms with E-state index in [2.05, 4.69) is 34.9 Å². The number of nitriles is 1. The quantitative estimate of drug-likeness (QED) is 0.720. The van der Waals surface area contributed by atoms with Crippen LogP contribution in [-0.2, 0) is 7.05 Å². The highest BCUT2D eigenvalue weighted by atomic mass is 15.3. The summed E-state index contributed by atoms with van der Waals surface area (Å²) < 4.78 is 3.96. The van der Waals surface area contributed by atoms with Crippen LogP contribution in [0.1, 0.15) is 16.8 Å². The molecule has 1 aromatic carbocycles. The molecular weight excluding hydrogens is 260 g/mol. The highest BCUT2D eigenvalue weighted by Gasteiger charge is 2.11. The fraction of sp³-hybridized carbons (Fsp3) is 0.176. The van der Waals surface area contributed by atoms with Crippen LogP contribution in [0.25, 0.3) is 16.9 Å². The van der Waals surface area contributed by atoms with Gasteiger partial charge in [-0.25, -0.2) is 0 Å². The number of hydrogen-bond donors (Lipinski definition) is 0. The Balaban J connectivity index is 2.06. The summed E-state index contributed by atoms with van der Waals surface area (Å²) in [6.07, 6.45) is 4.10. The van der Waals surface area contributed by atoms with E-state index < -0.39 is 0 Å². The lowest BCUT2D eigenvalue weighted by Crippen LogP contribution is -2.01. The lowest BCUT2D eigenvalue weighted by Gasteiger charge is -2.05. The van der Waals surface area contributed by atoms with Gasteiger partial charge in [0.05, 0.1) is 17.3 Å². The van der Waals surface area contributed by atoms with Gasteiger partial charge in [-0.15, -0.1) is 0 Å². The molecule has 0 saturated heterocycles. The molecule has 0 unspecified atom stereocenters. The van der Waals surface area contributed by atoms with Crippen molar-refractivity contribution < 1.29 is 0 Å². The fourth-order valence-corrected chi connectivity index (χ4v) is 2.58. The largest absolute Gasteiger partial charge is 0.308 e. The van der Waals surface area contributed by atoms with Crippen molar-refractivity contribution in [1.82, 2.24) is 14.3 Å². The van der Waals surface area contributed by atoms with E-state index in [9.17, 15) is 0 Å². The standard InChI is InChI=1S/C17H16N4/c1-12-13(2)19-20(3)17(12)21-8-7-16(11-21)15-6-4-5-14(9-15)10-18/h4-9,11H,1-3H3. The number of aromatic nitrogens is 3. The van der Waals surface area contributed by atoms with Gasteiger partial charge >= 0.3 is 0 Å². The van der Waals surface area contributed by atoms with E-state index in [4.69, 9.17) is 5.26 Å². The Morgan fingerprint density at radius 3 is 2.62 bits per heavy atom. The van der Waals surface area contributed by atoms with E-state index in [0.29, 0.717) is 5.56 Å². The summed E-state index contributed by atoms with van der Waals surface area (Å²) in [4.78, 5) is 0. The zero-order valence-corrected chi connectivity index (χ0v) is 12.3. The van der Waals surface area contributed by atoms with Crippen LogP contribution in [0.4, 0.5) is 0 Å². The second-order valence-corrected chi connectivity index (χ2v) is 5.16. The molecule has 0 fully saturated rings. The van der Waals surface area contributed by atoms with Gasteiger partial charge in [-0.2, -0.15) is 10.4 Å². The summed E-state index contributed by atoms with van der Waals surface area (Å²) in [7, 11) is 1.95. The predicted octanol–water partition coefficient (Wildman–Crippen LogP) is 3.37. The smallest absolute Gasteiger partial charge is 0.137 e. The van der Waals surface area contributed by atoms with Gasteiger partial charge in [0.25, 0.3) is 0 Å². The molecule has 3 rings (SSSR count). The number of nitrogens with zero attached hydrogens (tertiary/aromatic N) is 4. The first-order chi connectivity index (χ1) is 10.1. The Bertz CT molecular complexity index is 846. The SMILES string of the molecule is Cc1nn(C)c(-n2ccc(-c3cccc(C#N)c3)c2)c1C. The molecule has 0 atom stereocenters. The molecule has 3 aromatic rings. The van der Waals surface area contributed by atoms with Crippen molar-refractivity contribution in [1.29, 1.82) is 5.26 Å². The van der Waals surface area contributed by atoms with Crippen LogP contribution < -0.4 is 0 Å². The molecule has 0 radical (unpaired) electrons. The molecule has 104 valence electrons. The van der Waals surface area contributed by atoms with Gasteiger partial charge in [-0.05, 0) is 43.2 Å². The Hall–Kier alpha value is -2.80. The molecule has 0 spiro atoms. The van der Waals surface area contributed by atoms with Crippen molar-refractivity contribution in [2.45, 2.75) is 13.8 Å². The maximum atomic E-state index is 9.00. The predicted molar refractivity (Wildman–Crippen MR) is 82.2 cm³/mol. The van der Waals surface area contributed by atoms with Crippen LogP contribution in [0.5, 0.6) is 0 Å². The van der Waals surface area contributed by atoms with Gasteiger partial charge in [-0.1, -0.05) is 12.1 Å². The second kappa shape index (κ2) is 4.95. The van der Waals surface area contributed by atoms with Crippen LogP contribution in [0, 0.1) is 25.2 Å². The van der Waals surface area contributed by atoms with E-state index in [-0.39, 0.29) is 0 Å². The highest BCUT2D eigenvalue weighted by molar-refractivity contribution is 5.65. The molecule has 0 aliphatic carbocycles. The maximum Gasteiger partial charge on any atom is 0.137 e. The summed E-state index contributed by atoms with van der Waals surface area (Å²) in [6, 6.07) is 11.9. The van der Waals surface area contributed by atoms with E-state index in [0.717, 1.165) is 22.6 Å². The first kappa shape index (κ1) is 13.2. The van der Waals surface area contributed by atoms with Crippen LogP contribution >= 0.6 is 0 Å². The number of hydrogen-bond acceptors (Lipinski definition) is 2. The number of rotatable bonds is 2. The van der Waals surface area contributed by atoms with Crippen LogP contribution in [0.15, 0.2) is 42.7 Å². The first-order valence-electron chi connectivity index (χ1n) is 6.79. The minimum absolute atomic E-state index is 0.674. The maximum absolute atomic E-state index is 9.00. The van der Waals surface area contributed by atoms with Gasteiger partial charge < -0.3 is 4.57 Å². The van der Waals surface area contributed by atoms with E-state index >= 15 is 0 Å². The molecule has 2 heterocycles. The first-order valence-corrected chi connectivity index (χ1v) is 6.79. The zero-order chi connectivity index (χ0) is 15.0. The van der Waals surface area contributed by atoms with Crippen LogP contribution in [0.3, 0.4) is 0 Å². The molecule has 4 heteroatoms. The molecule has 0 N–H and O–H groups in total. The molecule has 0 bridgehead atoms. The lowest BCUT2D eigenvalue weighted by atomic mass is 10.1. The molecule has 0 aliphatic rings. The zero-order valence-electron chi connectivity index (χ0n) is 12.3. The van der Waals surface area contributed by atoms with Gasteiger partial charge in [0, 0.05) is 25.0 Å². The lowest BCUT2D eigenvalue weighted by molar-refractivity contribution is 0.723. The van der Waals surface area contributed by atoms with E-state index in [1.807, 2.05) is 49.1 Å². The average Bonchev–Trinajstić information content (AvgIpc) is 3.05. The van der Waals surface area contributed by atoms with E-state index in [1.54, 1.807) is 0 Å². The highest BCUT2D eigenvalue weighted by Crippen LogP contribution is 2.24. The van der Waals surface area contributed by atoms with Gasteiger partial charge in [0.15, 0.2) is 0 Å². The fourth-order valence-electron chi connectivity index (χ4n) is 2.58. The topological polar surface area (TPSA) is 46.5 Å². The van der Waals surface area contributed by atoms with Crippen molar-refractivity contribution in [3.05, 3.63) is 59.5 Å². The normalized spacial score (nSPS) is 10.6. The molecule has 2 aromatic heterocycles. The van der Waals surface area contributed by atoms with Gasteiger partial charge in [0.1, 0.15) is 5.82 Å². The third kappa shape index (κ3) is 2.23. The van der Waals surface area contributed by atoms with Crippen molar-refractivity contribution in [3.8, 4) is 23.0 Å². The van der Waals surface area contributed by atoms with Gasteiger partial charge in [0.2, 0.25) is 0 Å². The second-order valence-electron chi connectivity index (χ2n) is 5.16. The molecule has 0 aliphatic heterocycles. The van der Waals surface area contributed by atoms with Gasteiger partial charge in [-0.3, -0.25) is 4.68 Å². The third-order valence-electron chi connectivity index (χ3n) is 3.75. The average molecular weight is 276 g/mol. The van der Waals surface area contributed by atoms with Crippen molar-refractivity contribution in [3.63, 3.8) is 0 Å². The van der Waals surface area contributed by atoms with E-state index in [1.165, 1.54) is 5.56 Å². The number of benzene rings is 1.